The van der Waals surface area contributed by atoms with E-state index in [0.29, 0.717) is 39.1 Å². The molecule has 0 atom stereocenters. The molecular weight excluding hydrogens is 536 g/mol. The van der Waals surface area contributed by atoms with E-state index >= 15 is 0 Å². The van der Waals surface area contributed by atoms with Crippen LogP contribution in [0.25, 0.3) is 0 Å². The molecule has 0 aliphatic carbocycles. The summed E-state index contributed by atoms with van der Waals surface area (Å²) in [6.45, 7) is 8.44. The molecule has 0 aromatic rings. The third-order valence-corrected chi connectivity index (χ3v) is 8.46. The Balaban J connectivity index is 3.71. The first-order valence-electron chi connectivity index (χ1n) is 18.8. The van der Waals surface area contributed by atoms with Crippen molar-refractivity contribution in [2.75, 3.05) is 46.4 Å². The highest BCUT2D eigenvalue weighted by Crippen LogP contribution is 2.13. The Morgan fingerprint density at radius 2 is 0.767 bits per heavy atom. The summed E-state index contributed by atoms with van der Waals surface area (Å²) in [7, 11) is 1.92. The summed E-state index contributed by atoms with van der Waals surface area (Å²) < 4.78 is 10.9. The van der Waals surface area contributed by atoms with Gasteiger partial charge in [-0.05, 0) is 19.9 Å². The lowest BCUT2D eigenvalue weighted by molar-refractivity contribution is -0.144. The first-order chi connectivity index (χ1) is 21.1. The SMILES string of the molecule is CCCCCCCCCCCCCCOC(=O)CCN(CCNC)CCC(=O)OCCCCCCCCCCCCCC. The number of unbranched alkanes of at least 4 members (excludes halogenated alkanes) is 22. The number of esters is 2. The number of likely N-dealkylation sites (N-methyl/N-ethyl adjacent to an activating group) is 1. The zero-order valence-corrected chi connectivity index (χ0v) is 29.2. The van der Waals surface area contributed by atoms with E-state index in [9.17, 15) is 9.59 Å². The molecule has 0 saturated heterocycles. The first kappa shape index (κ1) is 41.9. The summed E-state index contributed by atoms with van der Waals surface area (Å²) in [6.07, 6.45) is 32.0. The summed E-state index contributed by atoms with van der Waals surface area (Å²) in [6, 6.07) is 0. The van der Waals surface area contributed by atoms with Crippen molar-refractivity contribution >= 4 is 11.9 Å². The number of nitrogens with zero attached hydrogens (tertiary/aromatic N) is 1. The zero-order valence-electron chi connectivity index (χ0n) is 29.2. The van der Waals surface area contributed by atoms with Gasteiger partial charge in [-0.1, -0.05) is 155 Å². The average molecular weight is 611 g/mol. The van der Waals surface area contributed by atoms with Gasteiger partial charge in [-0.2, -0.15) is 0 Å². The molecule has 256 valence electrons. The smallest absolute Gasteiger partial charge is 0.307 e. The Kier molecular flexibility index (Phi) is 34.4. The predicted molar refractivity (Wildman–Crippen MR) is 184 cm³/mol. The third kappa shape index (κ3) is 33.6. The Bertz CT molecular complexity index is 541. The molecule has 0 aliphatic heterocycles. The van der Waals surface area contributed by atoms with E-state index in [-0.39, 0.29) is 11.9 Å². The van der Waals surface area contributed by atoms with Crippen LogP contribution in [0.5, 0.6) is 0 Å². The minimum absolute atomic E-state index is 0.132. The largest absolute Gasteiger partial charge is 0.466 e. The van der Waals surface area contributed by atoms with E-state index in [1.807, 2.05) is 7.05 Å². The van der Waals surface area contributed by atoms with Gasteiger partial charge in [-0.25, -0.2) is 0 Å². The maximum absolute atomic E-state index is 12.3. The normalized spacial score (nSPS) is 11.3. The van der Waals surface area contributed by atoms with Crippen LogP contribution in [-0.4, -0.2) is 63.3 Å². The predicted octanol–water partition coefficient (Wildman–Crippen LogP) is 9.78. The number of hydrogen-bond donors (Lipinski definition) is 1. The van der Waals surface area contributed by atoms with E-state index in [0.717, 1.165) is 38.8 Å². The van der Waals surface area contributed by atoms with Crippen molar-refractivity contribution in [2.45, 2.75) is 181 Å². The van der Waals surface area contributed by atoms with Crippen molar-refractivity contribution in [2.24, 2.45) is 0 Å². The maximum Gasteiger partial charge on any atom is 0.307 e. The van der Waals surface area contributed by atoms with Crippen LogP contribution in [0.1, 0.15) is 181 Å². The molecule has 1 N–H and O–H groups in total. The minimum Gasteiger partial charge on any atom is -0.466 e. The number of ether oxygens (including phenoxy) is 2. The third-order valence-electron chi connectivity index (χ3n) is 8.46. The topological polar surface area (TPSA) is 67.9 Å². The molecule has 0 heterocycles. The summed E-state index contributed by atoms with van der Waals surface area (Å²) in [4.78, 5) is 26.7. The van der Waals surface area contributed by atoms with E-state index in [1.54, 1.807) is 0 Å². The maximum atomic E-state index is 12.3. The van der Waals surface area contributed by atoms with Gasteiger partial charge in [0, 0.05) is 26.2 Å². The molecule has 0 bridgehead atoms. The molecule has 0 amide bonds. The van der Waals surface area contributed by atoms with Crippen LogP contribution in [0, 0.1) is 0 Å². The minimum atomic E-state index is -0.132. The first-order valence-corrected chi connectivity index (χ1v) is 18.8. The van der Waals surface area contributed by atoms with Gasteiger partial charge >= 0.3 is 11.9 Å². The number of carbonyl (C=O) groups is 2. The molecule has 0 aromatic carbocycles. The lowest BCUT2D eigenvalue weighted by Crippen LogP contribution is -2.34. The Labute approximate surface area is 268 Å². The summed E-state index contributed by atoms with van der Waals surface area (Å²) >= 11 is 0. The van der Waals surface area contributed by atoms with Gasteiger partial charge in [0.15, 0.2) is 0 Å². The fourth-order valence-corrected chi connectivity index (χ4v) is 5.51. The van der Waals surface area contributed by atoms with E-state index in [2.05, 4.69) is 24.1 Å². The van der Waals surface area contributed by atoms with Crippen LogP contribution >= 0.6 is 0 Å². The molecule has 6 nitrogen and oxygen atoms in total. The summed E-state index contributed by atoms with van der Waals surface area (Å²) in [5.41, 5.74) is 0. The van der Waals surface area contributed by atoms with Crippen molar-refractivity contribution in [3.05, 3.63) is 0 Å². The summed E-state index contributed by atoms with van der Waals surface area (Å²) in [5, 5.41) is 3.16. The second-order valence-electron chi connectivity index (χ2n) is 12.7. The highest BCUT2D eigenvalue weighted by molar-refractivity contribution is 5.70. The highest BCUT2D eigenvalue weighted by Gasteiger charge is 2.12. The van der Waals surface area contributed by atoms with Crippen LogP contribution in [0.2, 0.25) is 0 Å². The molecule has 0 fully saturated rings. The fourth-order valence-electron chi connectivity index (χ4n) is 5.51. The zero-order chi connectivity index (χ0) is 31.5. The molecule has 0 rings (SSSR count). The number of carbonyl (C=O) groups excluding carboxylic acids is 2. The van der Waals surface area contributed by atoms with Gasteiger partial charge in [-0.3, -0.25) is 9.59 Å². The van der Waals surface area contributed by atoms with E-state index < -0.39 is 0 Å². The van der Waals surface area contributed by atoms with Crippen molar-refractivity contribution in [3.63, 3.8) is 0 Å². The number of rotatable bonds is 35. The molecule has 0 unspecified atom stereocenters. The van der Waals surface area contributed by atoms with Gasteiger partial charge in [0.05, 0.1) is 26.1 Å². The van der Waals surface area contributed by atoms with E-state index in [4.69, 9.17) is 9.47 Å². The van der Waals surface area contributed by atoms with Crippen LogP contribution in [0.3, 0.4) is 0 Å². The van der Waals surface area contributed by atoms with E-state index in [1.165, 1.54) is 128 Å². The Morgan fingerprint density at radius 3 is 1.07 bits per heavy atom. The van der Waals surface area contributed by atoms with Gasteiger partial charge in [0.1, 0.15) is 0 Å². The quantitative estimate of drug-likeness (QED) is 0.0569. The molecule has 43 heavy (non-hydrogen) atoms. The fraction of sp³-hybridized carbons (Fsp3) is 0.946. The van der Waals surface area contributed by atoms with Crippen molar-refractivity contribution < 1.29 is 19.1 Å². The van der Waals surface area contributed by atoms with Crippen LogP contribution in [0.15, 0.2) is 0 Å². The molecular formula is C37H74N2O4. The Hall–Kier alpha value is -1.14. The molecule has 0 saturated carbocycles. The van der Waals surface area contributed by atoms with Crippen LogP contribution in [0.4, 0.5) is 0 Å². The van der Waals surface area contributed by atoms with Crippen molar-refractivity contribution in [1.29, 1.82) is 0 Å². The lowest BCUT2D eigenvalue weighted by atomic mass is 10.1. The second kappa shape index (κ2) is 35.3. The molecule has 0 radical (unpaired) electrons. The number of hydrogen-bond acceptors (Lipinski definition) is 6. The second-order valence-corrected chi connectivity index (χ2v) is 12.7. The number of nitrogens with one attached hydrogen (secondary N) is 1. The monoisotopic (exact) mass is 611 g/mol. The standard InChI is InChI=1S/C37H74N2O4/c1-4-6-8-10-12-14-16-18-20-22-24-26-34-42-36(40)28-31-39(33-30-38-3)32-29-37(41)43-35-27-25-23-21-19-17-15-13-11-9-7-5-2/h38H,4-35H2,1-3H3. The Morgan fingerprint density at radius 1 is 0.465 bits per heavy atom. The highest BCUT2D eigenvalue weighted by atomic mass is 16.5. The van der Waals surface area contributed by atoms with Gasteiger partial charge in [0.25, 0.3) is 0 Å². The van der Waals surface area contributed by atoms with Gasteiger partial charge in [0.2, 0.25) is 0 Å². The van der Waals surface area contributed by atoms with Crippen LogP contribution in [-0.2, 0) is 19.1 Å². The van der Waals surface area contributed by atoms with Crippen molar-refractivity contribution in [1.82, 2.24) is 10.2 Å². The molecule has 6 heteroatoms. The van der Waals surface area contributed by atoms with Gasteiger partial charge in [-0.15, -0.1) is 0 Å². The van der Waals surface area contributed by atoms with Gasteiger partial charge < -0.3 is 19.7 Å². The van der Waals surface area contributed by atoms with Crippen LogP contribution < -0.4 is 5.32 Å². The van der Waals surface area contributed by atoms with Crippen molar-refractivity contribution in [3.8, 4) is 0 Å². The summed E-state index contributed by atoms with van der Waals surface area (Å²) in [5.74, 6) is -0.265. The average Bonchev–Trinajstić information content (AvgIpc) is 3.01. The molecule has 0 aromatic heterocycles. The molecule has 0 aliphatic rings. The lowest BCUT2D eigenvalue weighted by Gasteiger charge is -2.21. The molecule has 0 spiro atoms.